The first-order valence-corrected chi connectivity index (χ1v) is 5.97. The molecule has 2 heteroatoms. The molecule has 0 heterocycles. The van der Waals surface area contributed by atoms with Crippen molar-refractivity contribution in [3.8, 4) is 0 Å². The van der Waals surface area contributed by atoms with Gasteiger partial charge in [0.05, 0.1) is 11.7 Å². The van der Waals surface area contributed by atoms with Gasteiger partial charge in [0.1, 0.15) is 0 Å². The maximum absolute atomic E-state index is 10.2. The molecule has 0 aliphatic heterocycles. The third kappa shape index (κ3) is 3.06. The first kappa shape index (κ1) is 13.2. The van der Waals surface area contributed by atoms with E-state index in [0.29, 0.717) is 19.3 Å². The predicted molar refractivity (Wildman–Crippen MR) is 66.4 cm³/mol. The summed E-state index contributed by atoms with van der Waals surface area (Å²) < 4.78 is 0. The van der Waals surface area contributed by atoms with Gasteiger partial charge in [-0.1, -0.05) is 43.7 Å². The minimum atomic E-state index is -0.953. The fourth-order valence-electron chi connectivity index (χ4n) is 1.86. The molecule has 1 atom stereocenters. The SMILES string of the molecule is CCC(O)(CC)C(O)Cc1ccc(C)cc1. The van der Waals surface area contributed by atoms with Gasteiger partial charge in [-0.05, 0) is 25.3 Å². The number of aliphatic hydroxyl groups excluding tert-OH is 1. The third-order valence-corrected chi connectivity index (χ3v) is 3.39. The van der Waals surface area contributed by atoms with E-state index in [-0.39, 0.29) is 0 Å². The zero-order valence-corrected chi connectivity index (χ0v) is 10.4. The van der Waals surface area contributed by atoms with Crippen molar-refractivity contribution in [1.82, 2.24) is 0 Å². The molecule has 1 aromatic carbocycles. The van der Waals surface area contributed by atoms with Gasteiger partial charge in [-0.2, -0.15) is 0 Å². The van der Waals surface area contributed by atoms with Gasteiger partial charge in [0.25, 0.3) is 0 Å². The molecule has 0 radical (unpaired) electrons. The van der Waals surface area contributed by atoms with Crippen LogP contribution in [-0.2, 0) is 6.42 Å². The van der Waals surface area contributed by atoms with Crippen molar-refractivity contribution >= 4 is 0 Å². The average molecular weight is 222 g/mol. The molecular weight excluding hydrogens is 200 g/mol. The Labute approximate surface area is 97.9 Å². The molecule has 1 aromatic rings. The lowest BCUT2D eigenvalue weighted by molar-refractivity contribution is -0.0790. The molecule has 0 amide bonds. The third-order valence-electron chi connectivity index (χ3n) is 3.39. The Bertz CT molecular complexity index is 312. The van der Waals surface area contributed by atoms with Crippen LogP contribution in [-0.4, -0.2) is 21.9 Å². The van der Waals surface area contributed by atoms with E-state index < -0.39 is 11.7 Å². The summed E-state index contributed by atoms with van der Waals surface area (Å²) >= 11 is 0. The highest BCUT2D eigenvalue weighted by Crippen LogP contribution is 2.22. The lowest BCUT2D eigenvalue weighted by Gasteiger charge is -2.31. The minimum Gasteiger partial charge on any atom is -0.390 e. The fraction of sp³-hybridized carbons (Fsp3) is 0.571. The zero-order chi connectivity index (χ0) is 12.2. The summed E-state index contributed by atoms with van der Waals surface area (Å²) in [5, 5.41) is 20.2. The van der Waals surface area contributed by atoms with Crippen LogP contribution in [0, 0.1) is 6.92 Å². The average Bonchev–Trinajstić information content (AvgIpc) is 2.31. The number of aliphatic hydroxyl groups is 2. The zero-order valence-electron chi connectivity index (χ0n) is 10.4. The van der Waals surface area contributed by atoms with Crippen molar-refractivity contribution in [2.24, 2.45) is 0 Å². The lowest BCUT2D eigenvalue weighted by Crippen LogP contribution is -2.42. The molecule has 0 aliphatic rings. The van der Waals surface area contributed by atoms with Gasteiger partial charge in [0, 0.05) is 6.42 Å². The van der Waals surface area contributed by atoms with Gasteiger partial charge >= 0.3 is 0 Å². The predicted octanol–water partition coefficient (Wildman–Crippen LogP) is 2.45. The van der Waals surface area contributed by atoms with Gasteiger partial charge in [0.2, 0.25) is 0 Å². The second kappa shape index (κ2) is 5.46. The Balaban J connectivity index is 2.70. The van der Waals surface area contributed by atoms with Crippen LogP contribution in [0.25, 0.3) is 0 Å². The Morgan fingerprint density at radius 3 is 2.06 bits per heavy atom. The van der Waals surface area contributed by atoms with Crippen molar-refractivity contribution in [2.45, 2.75) is 51.7 Å². The van der Waals surface area contributed by atoms with Crippen LogP contribution < -0.4 is 0 Å². The summed E-state index contributed by atoms with van der Waals surface area (Å²) in [5.41, 5.74) is 1.32. The Morgan fingerprint density at radius 2 is 1.62 bits per heavy atom. The van der Waals surface area contributed by atoms with Crippen LogP contribution in [0.5, 0.6) is 0 Å². The monoisotopic (exact) mass is 222 g/mol. The molecular formula is C14H22O2. The maximum Gasteiger partial charge on any atom is 0.0903 e. The van der Waals surface area contributed by atoms with E-state index in [0.717, 1.165) is 5.56 Å². The van der Waals surface area contributed by atoms with Crippen molar-refractivity contribution in [2.75, 3.05) is 0 Å². The van der Waals surface area contributed by atoms with E-state index >= 15 is 0 Å². The summed E-state index contributed by atoms with van der Waals surface area (Å²) in [5.74, 6) is 0. The van der Waals surface area contributed by atoms with Crippen LogP contribution in [0.1, 0.15) is 37.8 Å². The first-order chi connectivity index (χ1) is 7.51. The second-order valence-electron chi connectivity index (χ2n) is 4.52. The molecule has 1 rings (SSSR count). The van der Waals surface area contributed by atoms with Crippen LogP contribution in [0.4, 0.5) is 0 Å². The lowest BCUT2D eigenvalue weighted by atomic mass is 9.87. The Hall–Kier alpha value is -0.860. The highest BCUT2D eigenvalue weighted by Gasteiger charge is 2.31. The van der Waals surface area contributed by atoms with Crippen LogP contribution in [0.3, 0.4) is 0 Å². The molecule has 0 fully saturated rings. The number of rotatable bonds is 5. The minimum absolute atomic E-state index is 0.512. The Morgan fingerprint density at radius 1 is 1.12 bits per heavy atom. The van der Waals surface area contributed by atoms with Crippen LogP contribution in [0.2, 0.25) is 0 Å². The van der Waals surface area contributed by atoms with E-state index in [4.69, 9.17) is 0 Å². The van der Waals surface area contributed by atoms with Gasteiger partial charge in [-0.25, -0.2) is 0 Å². The molecule has 0 saturated heterocycles. The maximum atomic E-state index is 10.2. The fourth-order valence-corrected chi connectivity index (χ4v) is 1.86. The smallest absolute Gasteiger partial charge is 0.0903 e. The quantitative estimate of drug-likeness (QED) is 0.803. The largest absolute Gasteiger partial charge is 0.390 e. The molecule has 1 unspecified atom stereocenters. The number of hydrogen-bond acceptors (Lipinski definition) is 2. The molecule has 0 saturated carbocycles. The first-order valence-electron chi connectivity index (χ1n) is 5.97. The molecule has 2 nitrogen and oxygen atoms in total. The van der Waals surface area contributed by atoms with Gasteiger partial charge in [-0.3, -0.25) is 0 Å². The van der Waals surface area contributed by atoms with E-state index in [9.17, 15) is 10.2 Å². The topological polar surface area (TPSA) is 40.5 Å². The van der Waals surface area contributed by atoms with Crippen molar-refractivity contribution in [1.29, 1.82) is 0 Å². The molecule has 0 aliphatic carbocycles. The van der Waals surface area contributed by atoms with Crippen LogP contribution in [0.15, 0.2) is 24.3 Å². The van der Waals surface area contributed by atoms with E-state index in [2.05, 4.69) is 0 Å². The molecule has 90 valence electrons. The summed E-state index contributed by atoms with van der Waals surface area (Å²) in [6.07, 6.45) is 0.983. The molecule has 0 aromatic heterocycles. The summed E-state index contributed by atoms with van der Waals surface area (Å²) in [7, 11) is 0. The number of hydrogen-bond donors (Lipinski definition) is 2. The normalized spacial score (nSPS) is 13.8. The van der Waals surface area contributed by atoms with E-state index in [1.807, 2.05) is 45.0 Å². The van der Waals surface area contributed by atoms with E-state index in [1.165, 1.54) is 5.56 Å². The van der Waals surface area contributed by atoms with Crippen LogP contribution >= 0.6 is 0 Å². The Kier molecular flexibility index (Phi) is 4.51. The number of aryl methyl sites for hydroxylation is 1. The van der Waals surface area contributed by atoms with Crippen molar-refractivity contribution in [3.05, 3.63) is 35.4 Å². The van der Waals surface area contributed by atoms with Gasteiger partial charge in [0.15, 0.2) is 0 Å². The summed E-state index contributed by atoms with van der Waals surface area (Å²) in [4.78, 5) is 0. The van der Waals surface area contributed by atoms with Crippen molar-refractivity contribution in [3.63, 3.8) is 0 Å². The summed E-state index contributed by atoms with van der Waals surface area (Å²) in [6, 6.07) is 8.06. The number of benzene rings is 1. The van der Waals surface area contributed by atoms with Gasteiger partial charge in [-0.15, -0.1) is 0 Å². The van der Waals surface area contributed by atoms with E-state index in [1.54, 1.807) is 0 Å². The van der Waals surface area contributed by atoms with Gasteiger partial charge < -0.3 is 10.2 Å². The standard InChI is InChI=1S/C14H22O2/c1-4-14(16,5-2)13(15)10-12-8-6-11(3)7-9-12/h6-9,13,15-16H,4-5,10H2,1-3H3. The molecule has 2 N–H and O–H groups in total. The summed E-state index contributed by atoms with van der Waals surface area (Å²) in [6.45, 7) is 5.85. The molecule has 16 heavy (non-hydrogen) atoms. The second-order valence-corrected chi connectivity index (χ2v) is 4.52. The van der Waals surface area contributed by atoms with Crippen molar-refractivity contribution < 1.29 is 10.2 Å². The highest BCUT2D eigenvalue weighted by molar-refractivity contribution is 5.22. The molecule has 0 spiro atoms. The highest BCUT2D eigenvalue weighted by atomic mass is 16.3. The molecule has 0 bridgehead atoms.